The number of rotatable bonds is 4. The molecule has 0 aliphatic heterocycles. The number of fused-ring (bicyclic) bond motifs is 2. The summed E-state index contributed by atoms with van der Waals surface area (Å²) in [6.45, 7) is 0. The standard InChI is InChI=1S/C16H14N4S.2HI.Zn/c1-2-6-12-11(5-1)17-15(18-12)9-21-10-16-19-13-7-3-4-8-14(13)20-16;;;/h1-8H,9-10H2,(H,17,18)(H,19,20);2*1H;/q;;;+2/p-2. The topological polar surface area (TPSA) is 57.4 Å². The fourth-order valence-electron chi connectivity index (χ4n) is 2.39. The summed E-state index contributed by atoms with van der Waals surface area (Å²) in [5, 5.41) is 0. The summed E-state index contributed by atoms with van der Waals surface area (Å²) in [7, 11) is 0. The Balaban J connectivity index is 0.000000960. The van der Waals surface area contributed by atoms with Gasteiger partial charge in [0.25, 0.3) is 0 Å². The summed E-state index contributed by atoms with van der Waals surface area (Å²) in [4.78, 5) is 15.9. The predicted molar refractivity (Wildman–Crippen MR) is 87.2 cm³/mol. The van der Waals surface area contributed by atoms with E-state index in [4.69, 9.17) is 0 Å². The second-order valence-corrected chi connectivity index (χ2v) is 5.88. The number of H-pyrrole nitrogens is 2. The van der Waals surface area contributed by atoms with E-state index in [1.54, 1.807) is 11.8 Å². The summed E-state index contributed by atoms with van der Waals surface area (Å²) in [6.07, 6.45) is 0. The molecule has 4 nitrogen and oxygen atoms in total. The minimum absolute atomic E-state index is 0. The molecule has 120 valence electrons. The van der Waals surface area contributed by atoms with Crippen LogP contribution in [-0.2, 0) is 31.0 Å². The molecule has 2 N–H and O–H groups in total. The zero-order valence-corrected chi connectivity index (χ0v) is 20.9. The van der Waals surface area contributed by atoms with Crippen LogP contribution in [0, 0.1) is 0 Å². The number of nitrogens with one attached hydrogen (secondary N) is 2. The van der Waals surface area contributed by atoms with Crippen LogP contribution in [0.15, 0.2) is 48.5 Å². The summed E-state index contributed by atoms with van der Waals surface area (Å²) in [6, 6.07) is 16.2. The van der Waals surface area contributed by atoms with Crippen molar-refractivity contribution < 1.29 is 67.4 Å². The molecular formula is C16H14I2N4SZn. The Morgan fingerprint density at radius 3 is 1.54 bits per heavy atom. The fraction of sp³-hybridized carbons (Fsp3) is 0.125. The first-order valence-corrected chi connectivity index (χ1v) is 7.99. The second kappa shape index (κ2) is 10.1. The van der Waals surface area contributed by atoms with Crippen molar-refractivity contribution >= 4 is 33.8 Å². The molecule has 0 spiro atoms. The molecular weight excluding hydrogens is 599 g/mol. The maximum absolute atomic E-state index is 4.58. The molecule has 24 heavy (non-hydrogen) atoms. The molecule has 8 heteroatoms. The number of para-hydroxylation sites is 4. The molecule has 0 atom stereocenters. The predicted octanol–water partition coefficient (Wildman–Crippen LogP) is -2.12. The van der Waals surface area contributed by atoms with E-state index in [0.29, 0.717) is 0 Å². The van der Waals surface area contributed by atoms with E-state index < -0.39 is 0 Å². The van der Waals surface area contributed by atoms with Crippen molar-refractivity contribution in [2.75, 3.05) is 0 Å². The maximum atomic E-state index is 4.58. The van der Waals surface area contributed by atoms with E-state index >= 15 is 0 Å². The Morgan fingerprint density at radius 1 is 0.708 bits per heavy atom. The first kappa shape index (κ1) is 21.9. The van der Waals surface area contributed by atoms with Gasteiger partial charge in [-0.3, -0.25) is 0 Å². The Kier molecular flexibility index (Phi) is 9.18. The minimum Gasteiger partial charge on any atom is -1.00 e. The van der Waals surface area contributed by atoms with E-state index in [1.165, 1.54) is 0 Å². The van der Waals surface area contributed by atoms with Crippen molar-refractivity contribution in [2.24, 2.45) is 0 Å². The number of nitrogens with zero attached hydrogens (tertiary/aromatic N) is 2. The third-order valence-corrected chi connectivity index (χ3v) is 4.31. The number of aromatic amines is 2. The molecule has 0 saturated heterocycles. The van der Waals surface area contributed by atoms with Crippen LogP contribution in [-0.4, -0.2) is 19.9 Å². The van der Waals surface area contributed by atoms with E-state index in [2.05, 4.69) is 32.1 Å². The molecule has 0 radical (unpaired) electrons. The van der Waals surface area contributed by atoms with Crippen LogP contribution < -0.4 is 48.0 Å². The molecule has 4 rings (SSSR count). The monoisotopic (exact) mass is 612 g/mol. The zero-order chi connectivity index (χ0) is 14.1. The number of hydrogen-bond donors (Lipinski definition) is 2. The molecule has 0 unspecified atom stereocenters. The van der Waals surface area contributed by atoms with Gasteiger partial charge in [0.1, 0.15) is 11.6 Å². The normalized spacial score (nSPS) is 10.0. The molecule has 0 aliphatic rings. The molecule has 4 aromatic rings. The van der Waals surface area contributed by atoms with Gasteiger partial charge in [0.15, 0.2) is 0 Å². The Bertz CT molecular complexity index is 769. The van der Waals surface area contributed by atoms with Gasteiger partial charge in [0.2, 0.25) is 0 Å². The van der Waals surface area contributed by atoms with Crippen molar-refractivity contribution in [3.8, 4) is 0 Å². The number of thioether (sulfide) groups is 1. The number of aromatic nitrogens is 4. The van der Waals surface area contributed by atoms with E-state index in [1.807, 2.05) is 36.4 Å². The molecule has 2 aromatic carbocycles. The first-order valence-electron chi connectivity index (χ1n) is 6.83. The van der Waals surface area contributed by atoms with Gasteiger partial charge in [-0.25, -0.2) is 9.97 Å². The third kappa shape index (κ3) is 4.92. The SMILES string of the molecule is [I-].[I-].[Zn+2].c1ccc2[nH]c(CSCc3nc4ccccc4[nH]3)nc2c1. The van der Waals surface area contributed by atoms with E-state index in [-0.39, 0.29) is 67.4 Å². The van der Waals surface area contributed by atoms with Crippen LogP contribution in [0.4, 0.5) is 0 Å². The van der Waals surface area contributed by atoms with Gasteiger partial charge in [0, 0.05) is 0 Å². The quantitative estimate of drug-likeness (QED) is 0.205. The van der Waals surface area contributed by atoms with Gasteiger partial charge in [-0.1, -0.05) is 24.3 Å². The van der Waals surface area contributed by atoms with Crippen molar-refractivity contribution in [3.05, 3.63) is 60.2 Å². The van der Waals surface area contributed by atoms with E-state index in [9.17, 15) is 0 Å². The van der Waals surface area contributed by atoms with Crippen LogP contribution in [0.5, 0.6) is 0 Å². The van der Waals surface area contributed by atoms with Crippen molar-refractivity contribution in [2.45, 2.75) is 11.5 Å². The van der Waals surface area contributed by atoms with Gasteiger partial charge in [-0.15, -0.1) is 11.8 Å². The summed E-state index contributed by atoms with van der Waals surface area (Å²) in [5.41, 5.74) is 4.24. The maximum Gasteiger partial charge on any atom is 2.00 e. The average molecular weight is 614 g/mol. The summed E-state index contributed by atoms with van der Waals surface area (Å²) < 4.78 is 0. The average Bonchev–Trinajstić information content (AvgIpc) is 3.09. The van der Waals surface area contributed by atoms with Gasteiger partial charge in [-0.05, 0) is 24.3 Å². The smallest absolute Gasteiger partial charge is 1.00 e. The Morgan fingerprint density at radius 2 is 1.12 bits per heavy atom. The first-order chi connectivity index (χ1) is 10.4. The number of imidazole rings is 2. The van der Waals surface area contributed by atoms with Gasteiger partial charge < -0.3 is 57.9 Å². The number of benzene rings is 2. The fourth-order valence-corrected chi connectivity index (χ4v) is 3.15. The minimum atomic E-state index is 0. The van der Waals surface area contributed by atoms with Crippen LogP contribution >= 0.6 is 11.8 Å². The summed E-state index contributed by atoms with van der Waals surface area (Å²) >= 11 is 1.80. The molecule has 0 saturated carbocycles. The largest absolute Gasteiger partial charge is 2.00 e. The van der Waals surface area contributed by atoms with Crippen molar-refractivity contribution in [1.82, 2.24) is 19.9 Å². The molecule has 0 bridgehead atoms. The summed E-state index contributed by atoms with van der Waals surface area (Å²) in [5.74, 6) is 3.73. The molecule has 0 amide bonds. The van der Waals surface area contributed by atoms with Crippen LogP contribution in [0.3, 0.4) is 0 Å². The molecule has 0 aliphatic carbocycles. The van der Waals surface area contributed by atoms with Gasteiger partial charge in [-0.2, -0.15) is 0 Å². The van der Waals surface area contributed by atoms with Gasteiger partial charge >= 0.3 is 19.5 Å². The van der Waals surface area contributed by atoms with Crippen LogP contribution in [0.25, 0.3) is 22.1 Å². The van der Waals surface area contributed by atoms with Crippen molar-refractivity contribution in [1.29, 1.82) is 0 Å². The van der Waals surface area contributed by atoms with Gasteiger partial charge in [0.05, 0.1) is 33.6 Å². The number of hydrogen-bond acceptors (Lipinski definition) is 3. The third-order valence-electron chi connectivity index (χ3n) is 3.35. The van der Waals surface area contributed by atoms with E-state index in [0.717, 1.165) is 45.2 Å². The van der Waals surface area contributed by atoms with Crippen molar-refractivity contribution in [3.63, 3.8) is 0 Å². The van der Waals surface area contributed by atoms with Crippen LogP contribution in [0.2, 0.25) is 0 Å². The molecule has 2 heterocycles. The zero-order valence-electron chi connectivity index (χ0n) is 12.8. The van der Waals surface area contributed by atoms with Crippen LogP contribution in [0.1, 0.15) is 11.6 Å². The number of halogens is 2. The molecule has 0 fully saturated rings. The Hall–Kier alpha value is -0.187. The Labute approximate surface area is 191 Å². The second-order valence-electron chi connectivity index (χ2n) is 4.89. The molecule has 2 aromatic heterocycles.